The number of hydrogen-bond acceptors (Lipinski definition) is 3. The molecular formula is C16H26N2O2. The van der Waals surface area contributed by atoms with Crippen molar-refractivity contribution in [3.05, 3.63) is 33.7 Å². The fourth-order valence-electron chi connectivity index (χ4n) is 3.08. The molecule has 0 saturated heterocycles. The van der Waals surface area contributed by atoms with Crippen molar-refractivity contribution in [1.82, 2.24) is 9.88 Å². The number of aromatic nitrogens is 1. The Morgan fingerprint density at radius 3 is 3.00 bits per heavy atom. The van der Waals surface area contributed by atoms with Crippen molar-refractivity contribution in [2.75, 3.05) is 20.3 Å². The number of nitrogens with zero attached hydrogens (tertiary/aromatic N) is 1. The molecule has 0 bridgehead atoms. The van der Waals surface area contributed by atoms with Gasteiger partial charge in [-0.25, -0.2) is 0 Å². The lowest BCUT2D eigenvalue weighted by Gasteiger charge is -2.28. The van der Waals surface area contributed by atoms with Crippen LogP contribution in [0.5, 0.6) is 0 Å². The number of ether oxygens (including phenoxy) is 1. The summed E-state index contributed by atoms with van der Waals surface area (Å²) in [5.41, 5.74) is 2.70. The molecule has 0 aromatic carbocycles. The van der Waals surface area contributed by atoms with Crippen molar-refractivity contribution in [3.63, 3.8) is 0 Å². The Morgan fingerprint density at radius 2 is 2.25 bits per heavy atom. The second-order valence-corrected chi connectivity index (χ2v) is 5.43. The van der Waals surface area contributed by atoms with E-state index in [1.165, 1.54) is 17.7 Å². The lowest BCUT2D eigenvalue weighted by Crippen LogP contribution is -2.31. The van der Waals surface area contributed by atoms with E-state index in [4.69, 9.17) is 4.74 Å². The van der Waals surface area contributed by atoms with E-state index >= 15 is 0 Å². The summed E-state index contributed by atoms with van der Waals surface area (Å²) >= 11 is 0. The molecule has 1 aliphatic rings. The van der Waals surface area contributed by atoms with Crippen LogP contribution in [-0.2, 0) is 17.7 Å². The zero-order valence-corrected chi connectivity index (χ0v) is 12.7. The average Bonchev–Trinajstić information content (AvgIpc) is 2.46. The number of unbranched alkanes of at least 4 members (excludes halogenated alkanes) is 1. The standard InChI is InChI=1S/C16H26N2O2/c1-3-17-14-7-6-8-15-13(14)9-10-16(19)18(15)11-4-5-12-20-2/h9-10,14,17H,3-8,11-12H2,1-2H3. The van der Waals surface area contributed by atoms with Gasteiger partial charge in [-0.2, -0.15) is 0 Å². The largest absolute Gasteiger partial charge is 0.385 e. The minimum atomic E-state index is 0.137. The molecule has 112 valence electrons. The lowest BCUT2D eigenvalue weighted by atomic mass is 9.90. The van der Waals surface area contributed by atoms with Crippen molar-refractivity contribution in [2.24, 2.45) is 0 Å². The molecule has 0 fully saturated rings. The Bertz CT molecular complexity index is 482. The Kier molecular flexibility index (Phi) is 5.80. The van der Waals surface area contributed by atoms with Gasteiger partial charge in [0.2, 0.25) is 0 Å². The summed E-state index contributed by atoms with van der Waals surface area (Å²) in [5.74, 6) is 0. The fourth-order valence-corrected chi connectivity index (χ4v) is 3.08. The van der Waals surface area contributed by atoms with Crippen LogP contribution in [0.25, 0.3) is 0 Å². The van der Waals surface area contributed by atoms with Gasteiger partial charge in [-0.3, -0.25) is 4.79 Å². The van der Waals surface area contributed by atoms with Gasteiger partial charge in [0.1, 0.15) is 0 Å². The van der Waals surface area contributed by atoms with Gasteiger partial charge in [0.05, 0.1) is 0 Å². The third kappa shape index (κ3) is 3.49. The number of methoxy groups -OCH3 is 1. The normalized spacial score (nSPS) is 18.0. The van der Waals surface area contributed by atoms with E-state index in [1.807, 2.05) is 10.6 Å². The number of hydrogen-bond donors (Lipinski definition) is 1. The summed E-state index contributed by atoms with van der Waals surface area (Å²) in [6.45, 7) is 4.68. The first kappa shape index (κ1) is 15.3. The number of rotatable bonds is 7. The molecule has 1 aromatic heterocycles. The van der Waals surface area contributed by atoms with Gasteiger partial charge >= 0.3 is 0 Å². The third-order valence-corrected chi connectivity index (χ3v) is 4.04. The summed E-state index contributed by atoms with van der Waals surface area (Å²) in [6, 6.07) is 4.16. The van der Waals surface area contributed by atoms with Crippen LogP contribution in [0.15, 0.2) is 16.9 Å². The van der Waals surface area contributed by atoms with Crippen molar-refractivity contribution < 1.29 is 4.74 Å². The van der Waals surface area contributed by atoms with Crippen LogP contribution in [0.4, 0.5) is 0 Å². The first-order valence-electron chi connectivity index (χ1n) is 7.72. The zero-order valence-electron chi connectivity index (χ0n) is 12.7. The minimum absolute atomic E-state index is 0.137. The van der Waals surface area contributed by atoms with Gasteiger partial charge in [-0.15, -0.1) is 0 Å². The second kappa shape index (κ2) is 7.60. The highest BCUT2D eigenvalue weighted by Crippen LogP contribution is 2.28. The predicted molar refractivity (Wildman–Crippen MR) is 81.2 cm³/mol. The molecule has 0 spiro atoms. The van der Waals surface area contributed by atoms with E-state index in [0.717, 1.165) is 45.4 Å². The molecule has 0 aliphatic heterocycles. The van der Waals surface area contributed by atoms with Gasteiger partial charge in [-0.1, -0.05) is 13.0 Å². The van der Waals surface area contributed by atoms with Gasteiger partial charge in [-0.05, 0) is 44.2 Å². The smallest absolute Gasteiger partial charge is 0.250 e. The quantitative estimate of drug-likeness (QED) is 0.778. The molecule has 1 aromatic rings. The van der Waals surface area contributed by atoms with Crippen LogP contribution in [0, 0.1) is 0 Å². The zero-order chi connectivity index (χ0) is 14.4. The van der Waals surface area contributed by atoms with Gasteiger partial charge in [0.25, 0.3) is 5.56 Å². The minimum Gasteiger partial charge on any atom is -0.385 e. The van der Waals surface area contributed by atoms with Crippen LogP contribution < -0.4 is 10.9 Å². The van der Waals surface area contributed by atoms with E-state index in [0.29, 0.717) is 6.04 Å². The Morgan fingerprint density at radius 1 is 1.40 bits per heavy atom. The van der Waals surface area contributed by atoms with Crippen molar-refractivity contribution in [2.45, 2.75) is 51.6 Å². The first-order valence-corrected chi connectivity index (χ1v) is 7.72. The van der Waals surface area contributed by atoms with E-state index in [9.17, 15) is 4.79 Å². The van der Waals surface area contributed by atoms with Crippen LogP contribution in [-0.4, -0.2) is 24.8 Å². The molecule has 1 heterocycles. The SMILES string of the molecule is CCNC1CCCc2c1ccc(=O)n2CCCCOC. The molecule has 20 heavy (non-hydrogen) atoms. The highest BCUT2D eigenvalue weighted by atomic mass is 16.5. The Labute approximate surface area is 121 Å². The van der Waals surface area contributed by atoms with Crippen LogP contribution >= 0.6 is 0 Å². The number of nitrogens with one attached hydrogen (secondary N) is 1. The van der Waals surface area contributed by atoms with Gasteiger partial charge in [0.15, 0.2) is 0 Å². The molecule has 1 atom stereocenters. The van der Waals surface area contributed by atoms with Gasteiger partial charge in [0, 0.05) is 38.1 Å². The van der Waals surface area contributed by atoms with E-state index in [2.05, 4.69) is 12.2 Å². The second-order valence-electron chi connectivity index (χ2n) is 5.43. The summed E-state index contributed by atoms with van der Waals surface area (Å²) in [6.07, 6.45) is 5.35. The molecule has 1 N–H and O–H groups in total. The Hall–Kier alpha value is -1.13. The summed E-state index contributed by atoms with van der Waals surface area (Å²) in [7, 11) is 1.72. The van der Waals surface area contributed by atoms with Crippen molar-refractivity contribution in [3.8, 4) is 0 Å². The van der Waals surface area contributed by atoms with Gasteiger partial charge < -0.3 is 14.6 Å². The molecular weight excluding hydrogens is 252 g/mol. The van der Waals surface area contributed by atoms with Crippen LogP contribution in [0.2, 0.25) is 0 Å². The van der Waals surface area contributed by atoms with Crippen molar-refractivity contribution in [1.29, 1.82) is 0 Å². The molecule has 1 aliphatic carbocycles. The third-order valence-electron chi connectivity index (χ3n) is 4.04. The van der Waals surface area contributed by atoms with E-state index < -0.39 is 0 Å². The summed E-state index contributed by atoms with van der Waals surface area (Å²) in [5, 5.41) is 3.53. The first-order chi connectivity index (χ1) is 9.77. The average molecular weight is 278 g/mol. The molecule has 4 nitrogen and oxygen atoms in total. The Balaban J connectivity index is 2.18. The highest BCUT2D eigenvalue weighted by molar-refractivity contribution is 5.27. The predicted octanol–water partition coefficient (Wildman–Crippen LogP) is 2.26. The molecule has 0 amide bonds. The maximum absolute atomic E-state index is 12.1. The summed E-state index contributed by atoms with van der Waals surface area (Å²) in [4.78, 5) is 12.1. The van der Waals surface area contributed by atoms with E-state index in [-0.39, 0.29) is 5.56 Å². The van der Waals surface area contributed by atoms with Crippen LogP contribution in [0.3, 0.4) is 0 Å². The fraction of sp³-hybridized carbons (Fsp3) is 0.688. The summed E-state index contributed by atoms with van der Waals surface area (Å²) < 4.78 is 7.05. The number of fused-ring (bicyclic) bond motifs is 1. The molecule has 2 rings (SSSR count). The monoisotopic (exact) mass is 278 g/mol. The maximum atomic E-state index is 12.1. The molecule has 0 saturated carbocycles. The van der Waals surface area contributed by atoms with Crippen LogP contribution in [0.1, 0.15) is 49.9 Å². The highest BCUT2D eigenvalue weighted by Gasteiger charge is 2.22. The number of pyridine rings is 1. The van der Waals surface area contributed by atoms with Crippen molar-refractivity contribution >= 4 is 0 Å². The molecule has 0 radical (unpaired) electrons. The lowest BCUT2D eigenvalue weighted by molar-refractivity contribution is 0.191. The molecule has 1 unspecified atom stereocenters. The maximum Gasteiger partial charge on any atom is 0.250 e. The topological polar surface area (TPSA) is 43.3 Å². The molecule has 4 heteroatoms. The van der Waals surface area contributed by atoms with E-state index in [1.54, 1.807) is 13.2 Å².